The van der Waals surface area contributed by atoms with E-state index in [0.29, 0.717) is 0 Å². The summed E-state index contributed by atoms with van der Waals surface area (Å²) in [5.41, 5.74) is 4.25. The summed E-state index contributed by atoms with van der Waals surface area (Å²) in [4.78, 5) is 0. The van der Waals surface area contributed by atoms with Gasteiger partial charge in [-0.2, -0.15) is 0 Å². The van der Waals surface area contributed by atoms with Crippen LogP contribution in [0.5, 0.6) is 0 Å². The van der Waals surface area contributed by atoms with Gasteiger partial charge in [0.15, 0.2) is 0 Å². The number of benzene rings is 3. The molecule has 0 atom stereocenters. The molecule has 0 radical (unpaired) electrons. The highest BCUT2D eigenvalue weighted by Crippen LogP contribution is 2.24. The predicted molar refractivity (Wildman–Crippen MR) is 180 cm³/mol. The van der Waals surface area contributed by atoms with Gasteiger partial charge in [0.2, 0.25) is 0 Å². The van der Waals surface area contributed by atoms with E-state index in [1.165, 1.54) is 113 Å². The highest BCUT2D eigenvalue weighted by Gasteiger charge is 2.28. The predicted octanol–water partition coefficient (Wildman–Crippen LogP) is 11.8. The lowest BCUT2D eigenvalue weighted by Gasteiger charge is -2.38. The molecule has 0 aliphatic rings. The maximum atomic E-state index is 2.48. The Hall–Kier alpha value is -2.64. The third-order valence-corrected chi connectivity index (χ3v) is 8.47. The fourth-order valence-electron chi connectivity index (χ4n) is 6.15. The van der Waals surface area contributed by atoms with E-state index in [1.54, 1.807) is 0 Å². The maximum absolute atomic E-state index is 2.48. The van der Waals surface area contributed by atoms with Crippen LogP contribution in [-0.2, 0) is 19.6 Å². The molecule has 0 saturated carbocycles. The average molecular weight is 553 g/mol. The van der Waals surface area contributed by atoms with Crippen LogP contribution in [0.15, 0.2) is 103 Å². The Morgan fingerprint density at radius 3 is 1.12 bits per heavy atom. The number of allylic oxidation sites excluding steroid dienone is 1. The number of unbranched alkanes of at least 4 members (excludes halogenated alkanes) is 14. The van der Waals surface area contributed by atoms with Gasteiger partial charge in [0.25, 0.3) is 0 Å². The molecule has 0 saturated heterocycles. The molecular formula is C40H58N+. The summed E-state index contributed by atoms with van der Waals surface area (Å²) in [6, 6.07) is 33.2. The Bertz CT molecular complexity index is 923. The zero-order valence-electron chi connectivity index (χ0n) is 26.2. The van der Waals surface area contributed by atoms with Crippen molar-refractivity contribution < 1.29 is 4.48 Å². The van der Waals surface area contributed by atoms with Crippen LogP contribution >= 0.6 is 0 Å². The molecule has 0 aliphatic heterocycles. The summed E-state index contributed by atoms with van der Waals surface area (Å²) in [5, 5.41) is 0. The highest BCUT2D eigenvalue weighted by molar-refractivity contribution is 5.17. The number of nitrogens with zero attached hydrogens (tertiary/aromatic N) is 1. The zero-order chi connectivity index (χ0) is 28.7. The smallest absolute Gasteiger partial charge is 0.105 e. The van der Waals surface area contributed by atoms with Crippen LogP contribution in [0.1, 0.15) is 120 Å². The van der Waals surface area contributed by atoms with E-state index >= 15 is 0 Å². The Balaban J connectivity index is 1.43. The monoisotopic (exact) mass is 552 g/mol. The molecule has 0 amide bonds. The van der Waals surface area contributed by atoms with E-state index in [-0.39, 0.29) is 0 Å². The summed E-state index contributed by atoms with van der Waals surface area (Å²) in [6.45, 7) is 6.46. The first-order valence-electron chi connectivity index (χ1n) is 16.9. The number of rotatable bonds is 23. The Morgan fingerprint density at radius 2 is 0.756 bits per heavy atom. The van der Waals surface area contributed by atoms with E-state index in [2.05, 4.69) is 110 Å². The molecule has 3 aromatic carbocycles. The number of quaternary nitrogens is 1. The molecule has 1 heteroatoms. The zero-order valence-corrected chi connectivity index (χ0v) is 26.2. The Labute approximate surface area is 253 Å². The van der Waals surface area contributed by atoms with E-state index in [1.807, 2.05) is 0 Å². The highest BCUT2D eigenvalue weighted by atomic mass is 15.3. The lowest BCUT2D eigenvalue weighted by molar-refractivity contribution is -0.961. The van der Waals surface area contributed by atoms with Gasteiger partial charge in [0, 0.05) is 16.7 Å². The third-order valence-electron chi connectivity index (χ3n) is 8.47. The summed E-state index contributed by atoms with van der Waals surface area (Å²) in [5.74, 6) is 0. The topological polar surface area (TPSA) is 0 Å². The summed E-state index contributed by atoms with van der Waals surface area (Å²) in [7, 11) is 0. The first kappa shape index (κ1) is 32.9. The van der Waals surface area contributed by atoms with E-state index < -0.39 is 0 Å². The minimum absolute atomic E-state index is 1.01. The third kappa shape index (κ3) is 14.7. The molecular weight excluding hydrogens is 494 g/mol. The number of hydrogen-bond acceptors (Lipinski definition) is 0. The lowest BCUT2D eigenvalue weighted by Crippen LogP contribution is -2.46. The van der Waals surface area contributed by atoms with Crippen LogP contribution in [0.4, 0.5) is 0 Å². The van der Waals surface area contributed by atoms with Gasteiger partial charge in [-0.3, -0.25) is 0 Å². The fraction of sp³-hybridized carbons (Fsp3) is 0.500. The molecule has 1 nitrogen and oxygen atoms in total. The Morgan fingerprint density at radius 1 is 0.415 bits per heavy atom. The quantitative estimate of drug-likeness (QED) is 0.0623. The molecule has 3 rings (SSSR count). The normalized spacial score (nSPS) is 11.8. The molecule has 0 spiro atoms. The van der Waals surface area contributed by atoms with Gasteiger partial charge in [-0.05, 0) is 18.9 Å². The molecule has 0 heterocycles. The van der Waals surface area contributed by atoms with E-state index in [4.69, 9.17) is 0 Å². The molecule has 0 fully saturated rings. The number of hydrogen-bond donors (Lipinski definition) is 0. The molecule has 0 N–H and O–H groups in total. The van der Waals surface area contributed by atoms with Crippen molar-refractivity contribution in [3.8, 4) is 0 Å². The van der Waals surface area contributed by atoms with Crippen LogP contribution < -0.4 is 0 Å². The van der Waals surface area contributed by atoms with Gasteiger partial charge in [-0.15, -0.1) is 0 Å². The van der Waals surface area contributed by atoms with Gasteiger partial charge >= 0.3 is 0 Å². The van der Waals surface area contributed by atoms with Gasteiger partial charge in [-0.1, -0.05) is 187 Å². The molecule has 41 heavy (non-hydrogen) atoms. The molecule has 0 aliphatic carbocycles. The second-order valence-electron chi connectivity index (χ2n) is 12.3. The SMILES string of the molecule is CCCCCCCCCCCCCCCC/C=C/C[N+](Cc1ccccc1)(Cc1ccccc1)Cc1ccccc1. The van der Waals surface area contributed by atoms with Crippen molar-refractivity contribution in [3.63, 3.8) is 0 Å². The second kappa shape index (κ2) is 21.1. The van der Waals surface area contributed by atoms with Crippen LogP contribution in [0.3, 0.4) is 0 Å². The fourth-order valence-corrected chi connectivity index (χ4v) is 6.15. The average Bonchev–Trinajstić information content (AvgIpc) is 3.00. The maximum Gasteiger partial charge on any atom is 0.105 e. The lowest BCUT2D eigenvalue weighted by atomic mass is 10.0. The largest absolute Gasteiger partial charge is 0.309 e. The van der Waals surface area contributed by atoms with Crippen molar-refractivity contribution in [2.75, 3.05) is 6.54 Å². The van der Waals surface area contributed by atoms with E-state index in [9.17, 15) is 0 Å². The Kier molecular flexibility index (Phi) is 16.9. The van der Waals surface area contributed by atoms with Gasteiger partial charge in [0.05, 0.1) is 6.54 Å². The second-order valence-corrected chi connectivity index (χ2v) is 12.3. The van der Waals surface area contributed by atoms with Crippen molar-refractivity contribution in [1.29, 1.82) is 0 Å². The standard InChI is InChI=1S/C40H58N/c1-2-3-4-5-6-7-8-9-10-11-12-13-14-15-16-17-27-34-41(35-38-28-21-18-22-29-38,36-39-30-23-19-24-31-39)37-40-32-25-20-26-33-40/h17-33H,2-16,34-37H2,1H3/q+1/b27-17+. The van der Waals surface area contributed by atoms with Crippen molar-refractivity contribution in [2.45, 2.75) is 123 Å². The van der Waals surface area contributed by atoms with Crippen molar-refractivity contribution in [2.24, 2.45) is 0 Å². The van der Waals surface area contributed by atoms with Gasteiger partial charge in [0.1, 0.15) is 19.6 Å². The molecule has 0 bridgehead atoms. The summed E-state index contributed by atoms with van der Waals surface area (Å²) in [6.07, 6.45) is 26.1. The summed E-state index contributed by atoms with van der Waals surface area (Å²) < 4.78 is 1.01. The molecule has 0 aromatic heterocycles. The molecule has 3 aromatic rings. The van der Waals surface area contributed by atoms with Crippen molar-refractivity contribution in [1.82, 2.24) is 0 Å². The molecule has 222 valence electrons. The van der Waals surface area contributed by atoms with Crippen LogP contribution in [0, 0.1) is 0 Å². The van der Waals surface area contributed by atoms with Gasteiger partial charge in [-0.25, -0.2) is 0 Å². The van der Waals surface area contributed by atoms with Crippen LogP contribution in [-0.4, -0.2) is 11.0 Å². The minimum Gasteiger partial charge on any atom is -0.309 e. The first-order chi connectivity index (χ1) is 20.3. The van der Waals surface area contributed by atoms with Crippen LogP contribution in [0.25, 0.3) is 0 Å². The van der Waals surface area contributed by atoms with Crippen molar-refractivity contribution >= 4 is 0 Å². The van der Waals surface area contributed by atoms with Crippen LogP contribution in [0.2, 0.25) is 0 Å². The summed E-state index contributed by atoms with van der Waals surface area (Å²) >= 11 is 0. The van der Waals surface area contributed by atoms with Crippen molar-refractivity contribution in [3.05, 3.63) is 120 Å². The first-order valence-corrected chi connectivity index (χ1v) is 16.9. The molecule has 0 unspecified atom stereocenters. The minimum atomic E-state index is 1.01. The van der Waals surface area contributed by atoms with E-state index in [0.717, 1.165) is 30.7 Å². The van der Waals surface area contributed by atoms with Gasteiger partial charge < -0.3 is 4.48 Å².